The predicted molar refractivity (Wildman–Crippen MR) is 75.0 cm³/mol. The van der Waals surface area contributed by atoms with Gasteiger partial charge in [-0.05, 0) is 24.6 Å². The third-order valence-corrected chi connectivity index (χ3v) is 3.28. The predicted octanol–water partition coefficient (Wildman–Crippen LogP) is 1.46. The second kappa shape index (κ2) is 6.86. The first-order chi connectivity index (χ1) is 9.22. The molecule has 19 heavy (non-hydrogen) atoms. The zero-order chi connectivity index (χ0) is 13.7. The standard InChI is InChI=1S/C12H20ClN5O/c1-3-9-19-12-15-10(13)14-11(16-12)18-7-5-17(4-2)6-8-18/h3-9H2,1-2H3. The lowest BCUT2D eigenvalue weighted by Gasteiger charge is -2.33. The molecular formula is C12H20ClN5O. The van der Waals surface area contributed by atoms with Crippen molar-refractivity contribution in [3.05, 3.63) is 5.28 Å². The van der Waals surface area contributed by atoms with Gasteiger partial charge in [0, 0.05) is 26.2 Å². The Hall–Kier alpha value is -1.14. The third-order valence-electron chi connectivity index (χ3n) is 3.11. The second-order valence-electron chi connectivity index (χ2n) is 4.46. The maximum absolute atomic E-state index is 5.92. The lowest BCUT2D eigenvalue weighted by Crippen LogP contribution is -2.46. The summed E-state index contributed by atoms with van der Waals surface area (Å²) in [5.41, 5.74) is 0. The highest BCUT2D eigenvalue weighted by molar-refractivity contribution is 6.28. The first-order valence-electron chi connectivity index (χ1n) is 6.74. The van der Waals surface area contributed by atoms with E-state index in [2.05, 4.69) is 31.7 Å². The van der Waals surface area contributed by atoms with Gasteiger partial charge in [0.2, 0.25) is 11.2 Å². The molecule has 0 bridgehead atoms. The van der Waals surface area contributed by atoms with Crippen LogP contribution in [0.1, 0.15) is 20.3 Å². The van der Waals surface area contributed by atoms with Gasteiger partial charge in [0.1, 0.15) is 0 Å². The minimum absolute atomic E-state index is 0.189. The maximum atomic E-state index is 5.92. The number of nitrogens with zero attached hydrogens (tertiary/aromatic N) is 5. The van der Waals surface area contributed by atoms with Gasteiger partial charge in [-0.25, -0.2) is 0 Å². The molecule has 2 rings (SSSR count). The van der Waals surface area contributed by atoms with Crippen LogP contribution in [0.15, 0.2) is 0 Å². The zero-order valence-corrected chi connectivity index (χ0v) is 12.2. The third kappa shape index (κ3) is 3.91. The Morgan fingerprint density at radius 1 is 1.11 bits per heavy atom. The molecular weight excluding hydrogens is 266 g/mol. The van der Waals surface area contributed by atoms with Crippen LogP contribution in [-0.2, 0) is 0 Å². The Morgan fingerprint density at radius 3 is 2.47 bits per heavy atom. The molecule has 0 aliphatic carbocycles. The molecule has 106 valence electrons. The molecule has 0 aromatic carbocycles. The summed E-state index contributed by atoms with van der Waals surface area (Å²) in [6.07, 6.45) is 0.911. The van der Waals surface area contributed by atoms with Crippen molar-refractivity contribution in [3.63, 3.8) is 0 Å². The molecule has 1 aliphatic rings. The largest absolute Gasteiger partial charge is 0.463 e. The Kier molecular flexibility index (Phi) is 5.15. The second-order valence-corrected chi connectivity index (χ2v) is 4.79. The van der Waals surface area contributed by atoms with Gasteiger partial charge in [-0.2, -0.15) is 15.0 Å². The van der Waals surface area contributed by atoms with Crippen LogP contribution in [0.4, 0.5) is 5.95 Å². The average molecular weight is 286 g/mol. The SMILES string of the molecule is CCCOc1nc(Cl)nc(N2CCN(CC)CC2)n1. The molecule has 1 aliphatic heterocycles. The van der Waals surface area contributed by atoms with Gasteiger partial charge in [0.25, 0.3) is 0 Å². The fourth-order valence-corrected chi connectivity index (χ4v) is 2.13. The van der Waals surface area contributed by atoms with Crippen molar-refractivity contribution in [1.29, 1.82) is 0 Å². The number of anilines is 1. The van der Waals surface area contributed by atoms with Gasteiger partial charge in [0.15, 0.2) is 0 Å². The summed E-state index contributed by atoms with van der Waals surface area (Å²) in [5, 5.41) is 0.189. The molecule has 0 radical (unpaired) electrons. The van der Waals surface area contributed by atoms with Gasteiger partial charge in [0.05, 0.1) is 6.61 Å². The molecule has 1 saturated heterocycles. The average Bonchev–Trinajstić information content (AvgIpc) is 2.44. The van der Waals surface area contributed by atoms with E-state index in [1.54, 1.807) is 0 Å². The van der Waals surface area contributed by atoms with Gasteiger partial charge >= 0.3 is 6.01 Å². The normalized spacial score (nSPS) is 16.7. The summed E-state index contributed by atoms with van der Waals surface area (Å²) in [5.74, 6) is 0.613. The molecule has 0 saturated carbocycles. The Balaban J connectivity index is 2.05. The van der Waals surface area contributed by atoms with E-state index in [0.29, 0.717) is 18.6 Å². The van der Waals surface area contributed by atoms with Crippen LogP contribution in [-0.4, -0.2) is 59.2 Å². The van der Waals surface area contributed by atoms with E-state index in [1.165, 1.54) is 0 Å². The summed E-state index contributed by atoms with van der Waals surface area (Å²) >= 11 is 5.92. The molecule has 0 spiro atoms. The minimum atomic E-state index is 0.189. The smallest absolute Gasteiger partial charge is 0.322 e. The number of halogens is 1. The first kappa shape index (κ1) is 14.3. The molecule has 1 aromatic rings. The van der Waals surface area contributed by atoms with Crippen LogP contribution in [0.5, 0.6) is 6.01 Å². The van der Waals surface area contributed by atoms with Crippen molar-refractivity contribution in [3.8, 4) is 6.01 Å². The van der Waals surface area contributed by atoms with Crippen molar-refractivity contribution < 1.29 is 4.74 Å². The van der Waals surface area contributed by atoms with Crippen LogP contribution in [0.25, 0.3) is 0 Å². The van der Waals surface area contributed by atoms with Crippen LogP contribution >= 0.6 is 11.6 Å². The summed E-state index contributed by atoms with van der Waals surface area (Å²) < 4.78 is 5.43. The van der Waals surface area contributed by atoms with Gasteiger partial charge in [-0.15, -0.1) is 0 Å². The number of likely N-dealkylation sites (N-methyl/N-ethyl adjacent to an activating group) is 1. The number of aromatic nitrogens is 3. The van der Waals surface area contributed by atoms with E-state index in [9.17, 15) is 0 Å². The van der Waals surface area contributed by atoms with E-state index >= 15 is 0 Å². The molecule has 0 atom stereocenters. The van der Waals surface area contributed by atoms with E-state index in [4.69, 9.17) is 16.3 Å². The fraction of sp³-hybridized carbons (Fsp3) is 0.750. The lowest BCUT2D eigenvalue weighted by atomic mass is 10.3. The Bertz CT molecular complexity index is 409. The van der Waals surface area contributed by atoms with Gasteiger partial charge in [-0.1, -0.05) is 13.8 Å². The number of piperazine rings is 1. The highest BCUT2D eigenvalue weighted by Gasteiger charge is 2.19. The number of rotatable bonds is 5. The van der Waals surface area contributed by atoms with Crippen LogP contribution < -0.4 is 9.64 Å². The van der Waals surface area contributed by atoms with Gasteiger partial charge in [-0.3, -0.25) is 0 Å². The highest BCUT2D eigenvalue weighted by Crippen LogP contribution is 2.16. The molecule has 0 unspecified atom stereocenters. The monoisotopic (exact) mass is 285 g/mol. The number of ether oxygens (including phenoxy) is 1. The molecule has 1 fully saturated rings. The Morgan fingerprint density at radius 2 is 1.84 bits per heavy atom. The maximum Gasteiger partial charge on any atom is 0.322 e. The van der Waals surface area contributed by atoms with E-state index in [-0.39, 0.29) is 5.28 Å². The summed E-state index contributed by atoms with van der Waals surface area (Å²) in [6.45, 7) is 9.72. The fourth-order valence-electron chi connectivity index (χ4n) is 1.99. The van der Waals surface area contributed by atoms with Crippen LogP contribution in [0.2, 0.25) is 5.28 Å². The van der Waals surface area contributed by atoms with Gasteiger partial charge < -0.3 is 14.5 Å². The van der Waals surface area contributed by atoms with Crippen LogP contribution in [0.3, 0.4) is 0 Å². The Labute approximate surface area is 118 Å². The minimum Gasteiger partial charge on any atom is -0.463 e. The molecule has 0 amide bonds. The highest BCUT2D eigenvalue weighted by atomic mass is 35.5. The van der Waals surface area contributed by atoms with Crippen molar-refractivity contribution in [2.45, 2.75) is 20.3 Å². The quantitative estimate of drug-likeness (QED) is 0.816. The van der Waals surface area contributed by atoms with E-state index in [1.807, 2.05) is 6.92 Å². The first-order valence-corrected chi connectivity index (χ1v) is 7.12. The molecule has 7 heteroatoms. The van der Waals surface area contributed by atoms with Crippen molar-refractivity contribution in [1.82, 2.24) is 19.9 Å². The molecule has 2 heterocycles. The molecule has 6 nitrogen and oxygen atoms in total. The van der Waals surface area contributed by atoms with Crippen LogP contribution in [0, 0.1) is 0 Å². The number of hydrogen-bond acceptors (Lipinski definition) is 6. The molecule has 1 aromatic heterocycles. The zero-order valence-electron chi connectivity index (χ0n) is 11.5. The summed E-state index contributed by atoms with van der Waals surface area (Å²) in [4.78, 5) is 17.0. The van der Waals surface area contributed by atoms with E-state index in [0.717, 1.165) is 39.1 Å². The topological polar surface area (TPSA) is 54.4 Å². The van der Waals surface area contributed by atoms with E-state index < -0.39 is 0 Å². The summed E-state index contributed by atoms with van der Waals surface area (Å²) in [7, 11) is 0. The van der Waals surface area contributed by atoms with Crippen molar-refractivity contribution in [2.75, 3.05) is 44.2 Å². The lowest BCUT2D eigenvalue weighted by molar-refractivity contribution is 0.267. The summed E-state index contributed by atoms with van der Waals surface area (Å²) in [6, 6.07) is 0.315. The molecule has 0 N–H and O–H groups in total. The number of hydrogen-bond donors (Lipinski definition) is 0. The van der Waals surface area contributed by atoms with Crippen molar-refractivity contribution >= 4 is 17.5 Å². The van der Waals surface area contributed by atoms with Crippen molar-refractivity contribution in [2.24, 2.45) is 0 Å².